The summed E-state index contributed by atoms with van der Waals surface area (Å²) in [5.41, 5.74) is 1.12. The predicted octanol–water partition coefficient (Wildman–Crippen LogP) is 5.39. The molecule has 7 heteroatoms. The third-order valence-electron chi connectivity index (χ3n) is 5.82. The van der Waals surface area contributed by atoms with E-state index in [0.29, 0.717) is 34.6 Å². The molecule has 5 nitrogen and oxygen atoms in total. The highest BCUT2D eigenvalue weighted by molar-refractivity contribution is 9.10. The van der Waals surface area contributed by atoms with Crippen LogP contribution < -0.4 is 10.1 Å². The van der Waals surface area contributed by atoms with Crippen LogP contribution in [0.5, 0.6) is 5.75 Å². The maximum Gasteiger partial charge on any atom is 0.261 e. The van der Waals surface area contributed by atoms with Gasteiger partial charge in [0, 0.05) is 17.6 Å². The fraction of sp³-hybridized carbons (Fsp3) is 0.440. The molecular weight excluding hydrogens is 492 g/mol. The zero-order valence-electron chi connectivity index (χ0n) is 18.4. The highest BCUT2D eigenvalue weighted by Crippen LogP contribution is 2.28. The van der Waals surface area contributed by atoms with E-state index >= 15 is 0 Å². The zero-order chi connectivity index (χ0) is 22.9. The van der Waals surface area contributed by atoms with E-state index in [0.717, 1.165) is 31.2 Å². The standard InChI is InChI=1S/C25H30BrClN2O3/c1-2-22(25(31)28-20-10-6-7-11-20)29(15-14-18-8-4-3-5-9-18)24(30)17-32-23-13-12-19(27)16-21(23)26/h3-5,8-9,12-13,16,20,22H,2,6-7,10-11,14-15,17H2,1H3,(H,28,31)/t22-/m1/s1. The zero-order valence-corrected chi connectivity index (χ0v) is 20.7. The van der Waals surface area contributed by atoms with E-state index in [1.165, 1.54) is 0 Å². The first-order valence-electron chi connectivity index (χ1n) is 11.2. The third-order valence-corrected chi connectivity index (χ3v) is 6.67. The number of amides is 2. The SMILES string of the molecule is CC[C@H](C(=O)NC1CCCC1)N(CCc1ccccc1)C(=O)COc1ccc(Cl)cc1Br. The van der Waals surface area contributed by atoms with Crippen LogP contribution in [0, 0.1) is 0 Å². The summed E-state index contributed by atoms with van der Waals surface area (Å²) in [5.74, 6) is 0.249. The minimum atomic E-state index is -0.524. The highest BCUT2D eigenvalue weighted by Gasteiger charge is 2.30. The lowest BCUT2D eigenvalue weighted by molar-refractivity contribution is -0.142. The highest BCUT2D eigenvalue weighted by atomic mass is 79.9. The van der Waals surface area contributed by atoms with Gasteiger partial charge in [0.15, 0.2) is 6.61 Å². The number of carbonyl (C=O) groups excluding carboxylic acids is 2. The molecule has 3 rings (SSSR count). The summed E-state index contributed by atoms with van der Waals surface area (Å²) >= 11 is 9.40. The number of hydrogen-bond acceptors (Lipinski definition) is 3. The second kappa shape index (κ2) is 12.3. The van der Waals surface area contributed by atoms with Gasteiger partial charge in [-0.3, -0.25) is 9.59 Å². The first kappa shape index (κ1) is 24.6. The number of halogens is 2. The third kappa shape index (κ3) is 6.97. The van der Waals surface area contributed by atoms with Crippen LogP contribution in [0.1, 0.15) is 44.6 Å². The molecule has 1 saturated carbocycles. The second-order valence-electron chi connectivity index (χ2n) is 8.10. The smallest absolute Gasteiger partial charge is 0.261 e. The average molecular weight is 522 g/mol. The Morgan fingerprint density at radius 1 is 1.19 bits per heavy atom. The monoisotopic (exact) mass is 520 g/mol. The largest absolute Gasteiger partial charge is 0.483 e. The fourth-order valence-electron chi connectivity index (χ4n) is 4.08. The Labute approximate surface area is 203 Å². The Morgan fingerprint density at radius 2 is 1.91 bits per heavy atom. The molecule has 1 aliphatic carbocycles. The van der Waals surface area contributed by atoms with Gasteiger partial charge in [-0.1, -0.05) is 61.7 Å². The maximum absolute atomic E-state index is 13.2. The molecule has 2 amide bonds. The lowest BCUT2D eigenvalue weighted by Gasteiger charge is -2.31. The Hall–Kier alpha value is -2.05. The molecule has 2 aromatic rings. The number of hydrogen-bond donors (Lipinski definition) is 1. The first-order chi connectivity index (χ1) is 15.5. The fourth-order valence-corrected chi connectivity index (χ4v) is 4.88. The van der Waals surface area contributed by atoms with Gasteiger partial charge in [-0.05, 0) is 65.4 Å². The summed E-state index contributed by atoms with van der Waals surface area (Å²) in [6, 6.07) is 14.8. The molecule has 1 atom stereocenters. The molecule has 2 aromatic carbocycles. The van der Waals surface area contributed by atoms with E-state index < -0.39 is 6.04 Å². The van der Waals surface area contributed by atoms with E-state index in [-0.39, 0.29) is 24.5 Å². The van der Waals surface area contributed by atoms with Crippen molar-refractivity contribution in [2.75, 3.05) is 13.2 Å². The number of nitrogens with one attached hydrogen (secondary N) is 1. The van der Waals surface area contributed by atoms with Gasteiger partial charge in [-0.2, -0.15) is 0 Å². The van der Waals surface area contributed by atoms with Gasteiger partial charge in [0.1, 0.15) is 11.8 Å². The lowest BCUT2D eigenvalue weighted by atomic mass is 10.1. The quantitative estimate of drug-likeness (QED) is 0.456. The van der Waals surface area contributed by atoms with Gasteiger partial charge in [-0.25, -0.2) is 0 Å². The molecule has 0 spiro atoms. The van der Waals surface area contributed by atoms with Gasteiger partial charge < -0.3 is 15.0 Å². The van der Waals surface area contributed by atoms with Crippen molar-refractivity contribution in [3.63, 3.8) is 0 Å². The van der Waals surface area contributed by atoms with Crippen molar-refractivity contribution in [2.24, 2.45) is 0 Å². The minimum Gasteiger partial charge on any atom is -0.483 e. The van der Waals surface area contributed by atoms with Crippen LogP contribution in [0.2, 0.25) is 5.02 Å². The molecule has 32 heavy (non-hydrogen) atoms. The summed E-state index contributed by atoms with van der Waals surface area (Å²) in [7, 11) is 0. The van der Waals surface area contributed by atoms with Crippen LogP contribution in [0.15, 0.2) is 53.0 Å². The van der Waals surface area contributed by atoms with E-state index in [2.05, 4.69) is 21.2 Å². The molecule has 0 aliphatic heterocycles. The Morgan fingerprint density at radius 3 is 2.56 bits per heavy atom. The number of rotatable bonds is 10. The van der Waals surface area contributed by atoms with Gasteiger partial charge in [-0.15, -0.1) is 0 Å². The molecule has 1 N–H and O–H groups in total. The summed E-state index contributed by atoms with van der Waals surface area (Å²) in [4.78, 5) is 28.0. The Bertz CT molecular complexity index is 903. The second-order valence-corrected chi connectivity index (χ2v) is 9.39. The summed E-state index contributed by atoms with van der Waals surface area (Å²) in [6.07, 6.45) is 5.51. The van der Waals surface area contributed by atoms with Crippen molar-refractivity contribution in [1.29, 1.82) is 0 Å². The van der Waals surface area contributed by atoms with E-state index in [1.54, 1.807) is 23.1 Å². The number of carbonyl (C=O) groups is 2. The lowest BCUT2D eigenvalue weighted by Crippen LogP contribution is -2.52. The maximum atomic E-state index is 13.2. The van der Waals surface area contributed by atoms with Crippen molar-refractivity contribution >= 4 is 39.3 Å². The normalized spacial score (nSPS) is 14.7. The summed E-state index contributed by atoms with van der Waals surface area (Å²) < 4.78 is 6.45. The average Bonchev–Trinajstić information content (AvgIpc) is 3.29. The van der Waals surface area contributed by atoms with Crippen LogP contribution in [0.25, 0.3) is 0 Å². The van der Waals surface area contributed by atoms with Gasteiger partial charge in [0.2, 0.25) is 5.91 Å². The van der Waals surface area contributed by atoms with Crippen LogP contribution in [-0.4, -0.2) is 41.9 Å². The number of benzene rings is 2. The topological polar surface area (TPSA) is 58.6 Å². The van der Waals surface area contributed by atoms with Crippen LogP contribution >= 0.6 is 27.5 Å². The molecule has 1 fully saturated rings. The number of nitrogens with zero attached hydrogens (tertiary/aromatic N) is 1. The van der Waals surface area contributed by atoms with Crippen LogP contribution in [0.3, 0.4) is 0 Å². The molecule has 0 saturated heterocycles. The Kier molecular flexibility index (Phi) is 9.42. The molecule has 0 radical (unpaired) electrons. The Balaban J connectivity index is 1.71. The molecule has 0 unspecified atom stereocenters. The van der Waals surface area contributed by atoms with Crippen LogP contribution in [-0.2, 0) is 16.0 Å². The summed E-state index contributed by atoms with van der Waals surface area (Å²) in [6.45, 7) is 2.24. The van der Waals surface area contributed by atoms with Crippen molar-refractivity contribution in [1.82, 2.24) is 10.2 Å². The molecule has 172 valence electrons. The predicted molar refractivity (Wildman–Crippen MR) is 131 cm³/mol. The first-order valence-corrected chi connectivity index (χ1v) is 12.4. The van der Waals surface area contributed by atoms with Crippen molar-refractivity contribution in [3.8, 4) is 5.75 Å². The molecular formula is C25H30BrClN2O3. The van der Waals surface area contributed by atoms with Gasteiger partial charge in [0.25, 0.3) is 5.91 Å². The molecule has 0 aromatic heterocycles. The van der Waals surface area contributed by atoms with Crippen molar-refractivity contribution < 1.29 is 14.3 Å². The molecule has 0 heterocycles. The van der Waals surface area contributed by atoms with Crippen LogP contribution in [0.4, 0.5) is 0 Å². The van der Waals surface area contributed by atoms with Crippen molar-refractivity contribution in [3.05, 3.63) is 63.6 Å². The van der Waals surface area contributed by atoms with E-state index in [9.17, 15) is 9.59 Å². The van der Waals surface area contributed by atoms with Gasteiger partial charge >= 0.3 is 0 Å². The molecule has 0 bridgehead atoms. The number of ether oxygens (including phenoxy) is 1. The molecule has 1 aliphatic rings. The minimum absolute atomic E-state index is 0.0755. The summed E-state index contributed by atoms with van der Waals surface area (Å²) in [5, 5.41) is 3.74. The van der Waals surface area contributed by atoms with E-state index in [4.69, 9.17) is 16.3 Å². The van der Waals surface area contributed by atoms with Crippen molar-refractivity contribution in [2.45, 2.75) is 57.5 Å². The van der Waals surface area contributed by atoms with E-state index in [1.807, 2.05) is 37.3 Å². The van der Waals surface area contributed by atoms with Gasteiger partial charge in [0.05, 0.1) is 4.47 Å².